The fraction of sp³-hybridized carbons (Fsp3) is 0.500. The first kappa shape index (κ1) is 14.5. The van der Waals surface area contributed by atoms with Crippen LogP contribution in [0.3, 0.4) is 0 Å². The Hall–Kier alpha value is -1.95. The van der Waals surface area contributed by atoms with E-state index < -0.39 is 4.92 Å². The molecule has 0 aromatic heterocycles. The molecular formula is C14H19N3O3. The van der Waals surface area contributed by atoms with E-state index in [4.69, 9.17) is 5.73 Å². The van der Waals surface area contributed by atoms with Crippen molar-refractivity contribution in [2.45, 2.75) is 39.2 Å². The van der Waals surface area contributed by atoms with Gasteiger partial charge >= 0.3 is 0 Å². The number of hydrogen-bond acceptors (Lipinski definition) is 4. The van der Waals surface area contributed by atoms with Gasteiger partial charge in [0.2, 0.25) is 5.91 Å². The minimum absolute atomic E-state index is 0.0677. The van der Waals surface area contributed by atoms with Crippen molar-refractivity contribution in [1.29, 1.82) is 0 Å². The van der Waals surface area contributed by atoms with Crippen LogP contribution in [0.25, 0.3) is 0 Å². The van der Waals surface area contributed by atoms with Gasteiger partial charge in [-0.2, -0.15) is 0 Å². The van der Waals surface area contributed by atoms with Crippen molar-refractivity contribution in [3.05, 3.63) is 33.4 Å². The van der Waals surface area contributed by atoms with Crippen LogP contribution in [0.15, 0.2) is 12.1 Å². The van der Waals surface area contributed by atoms with E-state index in [9.17, 15) is 14.9 Å². The third-order valence-corrected chi connectivity index (χ3v) is 3.90. The molecule has 2 rings (SSSR count). The van der Waals surface area contributed by atoms with Crippen molar-refractivity contribution in [2.75, 3.05) is 5.32 Å². The van der Waals surface area contributed by atoms with Gasteiger partial charge in [-0.1, -0.05) is 6.42 Å². The highest BCUT2D eigenvalue weighted by Gasteiger charge is 2.30. The second-order valence-electron chi connectivity index (χ2n) is 5.40. The molecule has 1 aliphatic rings. The summed E-state index contributed by atoms with van der Waals surface area (Å²) in [6, 6.07) is 3.04. The number of benzene rings is 1. The molecule has 2 unspecified atom stereocenters. The Kier molecular flexibility index (Phi) is 4.04. The molecule has 1 aromatic carbocycles. The molecule has 3 N–H and O–H groups in total. The van der Waals surface area contributed by atoms with E-state index in [0.717, 1.165) is 19.3 Å². The number of hydrogen-bond donors (Lipinski definition) is 2. The Morgan fingerprint density at radius 2 is 2.05 bits per heavy atom. The average Bonchev–Trinajstić information content (AvgIpc) is 2.79. The van der Waals surface area contributed by atoms with Crippen molar-refractivity contribution in [1.82, 2.24) is 0 Å². The first-order valence-electron chi connectivity index (χ1n) is 6.72. The molecule has 0 spiro atoms. The Morgan fingerprint density at radius 1 is 1.35 bits per heavy atom. The van der Waals surface area contributed by atoms with Crippen molar-refractivity contribution in [3.63, 3.8) is 0 Å². The molecule has 6 nitrogen and oxygen atoms in total. The summed E-state index contributed by atoms with van der Waals surface area (Å²) in [4.78, 5) is 22.6. The van der Waals surface area contributed by atoms with Gasteiger partial charge in [0, 0.05) is 23.4 Å². The molecular weight excluding hydrogens is 258 g/mol. The number of amides is 1. The van der Waals surface area contributed by atoms with Gasteiger partial charge in [-0.05, 0) is 38.3 Å². The van der Waals surface area contributed by atoms with E-state index in [-0.39, 0.29) is 23.6 Å². The van der Waals surface area contributed by atoms with E-state index in [0.29, 0.717) is 16.8 Å². The Balaban J connectivity index is 2.19. The van der Waals surface area contributed by atoms with Gasteiger partial charge in [0.25, 0.3) is 5.69 Å². The zero-order chi connectivity index (χ0) is 14.9. The van der Waals surface area contributed by atoms with Gasteiger partial charge in [0.05, 0.1) is 10.8 Å². The topological polar surface area (TPSA) is 98.3 Å². The second-order valence-corrected chi connectivity index (χ2v) is 5.40. The minimum atomic E-state index is -0.416. The molecule has 0 bridgehead atoms. The predicted octanol–water partition coefficient (Wildman–Crippen LogP) is 2.28. The third kappa shape index (κ3) is 2.80. The molecule has 0 aliphatic heterocycles. The van der Waals surface area contributed by atoms with E-state index in [1.807, 2.05) is 0 Å². The molecule has 0 saturated heterocycles. The predicted molar refractivity (Wildman–Crippen MR) is 76.5 cm³/mol. The number of nitro groups is 1. The lowest BCUT2D eigenvalue weighted by molar-refractivity contribution is -0.385. The van der Waals surface area contributed by atoms with E-state index in [2.05, 4.69) is 5.32 Å². The quantitative estimate of drug-likeness (QED) is 0.654. The normalized spacial score (nSPS) is 21.8. The van der Waals surface area contributed by atoms with Gasteiger partial charge in [-0.25, -0.2) is 0 Å². The smallest absolute Gasteiger partial charge is 0.272 e. The number of nitro benzene ring substituents is 1. The fourth-order valence-electron chi connectivity index (χ4n) is 2.67. The molecule has 1 saturated carbocycles. The Bertz CT molecular complexity index is 557. The highest BCUT2D eigenvalue weighted by molar-refractivity contribution is 5.94. The lowest BCUT2D eigenvalue weighted by atomic mass is 10.0. The number of nitrogens with zero attached hydrogens (tertiary/aromatic N) is 1. The summed E-state index contributed by atoms with van der Waals surface area (Å²) in [5.74, 6) is -0.253. The van der Waals surface area contributed by atoms with Gasteiger partial charge in [0.15, 0.2) is 0 Å². The van der Waals surface area contributed by atoms with E-state index in [1.165, 1.54) is 6.07 Å². The summed E-state index contributed by atoms with van der Waals surface area (Å²) < 4.78 is 0. The van der Waals surface area contributed by atoms with Crippen LogP contribution < -0.4 is 11.1 Å². The fourth-order valence-corrected chi connectivity index (χ4v) is 2.67. The first-order chi connectivity index (χ1) is 9.40. The maximum absolute atomic E-state index is 12.2. The van der Waals surface area contributed by atoms with Crippen molar-refractivity contribution >= 4 is 17.3 Å². The number of nitrogens with two attached hydrogens (primary N) is 1. The zero-order valence-electron chi connectivity index (χ0n) is 11.7. The summed E-state index contributed by atoms with van der Waals surface area (Å²) in [6.45, 7) is 3.41. The Labute approximate surface area is 117 Å². The molecule has 1 amide bonds. The van der Waals surface area contributed by atoms with Crippen LogP contribution in [-0.2, 0) is 4.79 Å². The lowest BCUT2D eigenvalue weighted by Crippen LogP contribution is -2.34. The first-order valence-corrected chi connectivity index (χ1v) is 6.72. The SMILES string of the molecule is Cc1cc([N+](=O)[O-])c(C)cc1NC(=O)C1CCCC1N. The van der Waals surface area contributed by atoms with Crippen LogP contribution in [0.2, 0.25) is 0 Å². The minimum Gasteiger partial charge on any atom is -0.327 e. The van der Waals surface area contributed by atoms with Gasteiger partial charge in [-0.15, -0.1) is 0 Å². The highest BCUT2D eigenvalue weighted by atomic mass is 16.6. The van der Waals surface area contributed by atoms with Gasteiger partial charge < -0.3 is 11.1 Å². The largest absolute Gasteiger partial charge is 0.327 e. The van der Waals surface area contributed by atoms with Crippen LogP contribution in [0, 0.1) is 29.9 Å². The monoisotopic (exact) mass is 277 g/mol. The maximum Gasteiger partial charge on any atom is 0.272 e. The number of carbonyl (C=O) groups is 1. The Morgan fingerprint density at radius 3 is 2.60 bits per heavy atom. The summed E-state index contributed by atoms with van der Waals surface area (Å²) >= 11 is 0. The van der Waals surface area contributed by atoms with Gasteiger partial charge in [-0.3, -0.25) is 14.9 Å². The zero-order valence-corrected chi connectivity index (χ0v) is 11.7. The van der Waals surface area contributed by atoms with E-state index in [1.54, 1.807) is 19.9 Å². The van der Waals surface area contributed by atoms with Crippen LogP contribution in [0.5, 0.6) is 0 Å². The van der Waals surface area contributed by atoms with Crippen LogP contribution in [0.4, 0.5) is 11.4 Å². The van der Waals surface area contributed by atoms with E-state index >= 15 is 0 Å². The molecule has 2 atom stereocenters. The lowest BCUT2D eigenvalue weighted by Gasteiger charge is -2.16. The molecule has 0 radical (unpaired) electrons. The van der Waals surface area contributed by atoms with Crippen molar-refractivity contribution in [2.24, 2.45) is 11.7 Å². The van der Waals surface area contributed by atoms with Crippen LogP contribution >= 0.6 is 0 Å². The number of aryl methyl sites for hydroxylation is 2. The summed E-state index contributed by atoms with van der Waals surface area (Å²) in [7, 11) is 0. The molecule has 1 fully saturated rings. The van der Waals surface area contributed by atoms with Gasteiger partial charge in [0.1, 0.15) is 0 Å². The number of anilines is 1. The van der Waals surface area contributed by atoms with Crippen molar-refractivity contribution in [3.8, 4) is 0 Å². The summed E-state index contributed by atoms with van der Waals surface area (Å²) in [6.07, 6.45) is 2.64. The third-order valence-electron chi connectivity index (χ3n) is 3.90. The molecule has 6 heteroatoms. The average molecular weight is 277 g/mol. The molecule has 1 aromatic rings. The molecule has 1 aliphatic carbocycles. The van der Waals surface area contributed by atoms with Crippen LogP contribution in [-0.4, -0.2) is 16.9 Å². The second kappa shape index (κ2) is 5.58. The van der Waals surface area contributed by atoms with Crippen LogP contribution in [0.1, 0.15) is 30.4 Å². The number of rotatable bonds is 3. The summed E-state index contributed by atoms with van der Waals surface area (Å²) in [5.41, 5.74) is 7.82. The molecule has 0 heterocycles. The maximum atomic E-state index is 12.2. The highest BCUT2D eigenvalue weighted by Crippen LogP contribution is 2.29. The molecule has 20 heavy (non-hydrogen) atoms. The number of nitrogens with one attached hydrogen (secondary N) is 1. The standard InChI is InChI=1S/C14H19N3O3/c1-8-7-13(17(19)20)9(2)6-12(8)16-14(18)10-4-3-5-11(10)15/h6-7,10-11H,3-5,15H2,1-2H3,(H,16,18). The molecule has 108 valence electrons. The number of carbonyl (C=O) groups excluding carboxylic acids is 1. The van der Waals surface area contributed by atoms with Crippen molar-refractivity contribution < 1.29 is 9.72 Å². The summed E-state index contributed by atoms with van der Waals surface area (Å²) in [5, 5.41) is 13.7.